The van der Waals surface area contributed by atoms with E-state index in [1.165, 1.54) is 6.92 Å². The number of nitrogens with zero attached hydrogens (tertiary/aromatic N) is 3. The molecule has 156 valence electrons. The van der Waals surface area contributed by atoms with Gasteiger partial charge in [-0.15, -0.1) is 0 Å². The van der Waals surface area contributed by atoms with Crippen molar-refractivity contribution in [2.45, 2.75) is 19.2 Å². The number of esters is 1. The predicted octanol–water partition coefficient (Wildman–Crippen LogP) is 2.88. The van der Waals surface area contributed by atoms with E-state index in [2.05, 4.69) is 9.73 Å². The summed E-state index contributed by atoms with van der Waals surface area (Å²) >= 11 is 5.94. The number of rotatable bonds is 4. The van der Waals surface area contributed by atoms with Crippen LogP contribution in [0.15, 0.2) is 28.9 Å². The molecule has 3 rings (SSSR count). The predicted molar refractivity (Wildman–Crippen MR) is 94.1 cm³/mol. The summed E-state index contributed by atoms with van der Waals surface area (Å²) in [5, 5.41) is -0.205. The number of carbonyl (C=O) groups excluding carboxylic acids is 2. The lowest BCUT2D eigenvalue weighted by Crippen LogP contribution is -2.51. The molecule has 0 aliphatic carbocycles. The number of hydrogen-bond acceptors (Lipinski definition) is 6. The first-order valence-electron chi connectivity index (χ1n) is 8.23. The Kier molecular flexibility index (Phi) is 5.44. The molecule has 1 aromatic carbocycles. The third-order valence-corrected chi connectivity index (χ3v) is 4.45. The number of halogens is 5. The van der Waals surface area contributed by atoms with Gasteiger partial charge in [-0.2, -0.15) is 13.2 Å². The molecule has 29 heavy (non-hydrogen) atoms. The van der Waals surface area contributed by atoms with Crippen LogP contribution in [0.5, 0.6) is 5.75 Å². The van der Waals surface area contributed by atoms with Crippen molar-refractivity contribution in [3.05, 3.63) is 34.7 Å². The molecule has 0 saturated carbocycles. The lowest BCUT2D eigenvalue weighted by Gasteiger charge is -2.35. The molecular formula is C17H14ClF4N3O4. The molecular weight excluding hydrogens is 422 g/mol. The van der Waals surface area contributed by atoms with E-state index in [0.29, 0.717) is 11.0 Å². The highest BCUT2D eigenvalue weighted by molar-refractivity contribution is 6.32. The molecule has 0 N–H and O–H groups in total. The van der Waals surface area contributed by atoms with Gasteiger partial charge in [0.25, 0.3) is 5.91 Å². The summed E-state index contributed by atoms with van der Waals surface area (Å²) in [5.41, 5.74) is -1.60. The highest BCUT2D eigenvalue weighted by atomic mass is 35.5. The van der Waals surface area contributed by atoms with Gasteiger partial charge in [-0.3, -0.25) is 9.79 Å². The summed E-state index contributed by atoms with van der Waals surface area (Å²) in [7, 11) is 1.14. The van der Waals surface area contributed by atoms with Crippen LogP contribution in [0, 0.1) is 5.82 Å². The molecule has 0 aromatic heterocycles. The Balaban J connectivity index is 2.04. The quantitative estimate of drug-likeness (QED) is 0.537. The van der Waals surface area contributed by atoms with Crippen LogP contribution in [0.2, 0.25) is 5.02 Å². The van der Waals surface area contributed by atoms with Crippen molar-refractivity contribution < 1.29 is 36.6 Å². The van der Waals surface area contributed by atoms with Crippen molar-refractivity contribution in [3.63, 3.8) is 0 Å². The van der Waals surface area contributed by atoms with Crippen LogP contribution in [0.3, 0.4) is 0 Å². The fraction of sp³-hybridized carbons (Fsp3) is 0.353. The zero-order valence-electron chi connectivity index (χ0n) is 15.1. The number of ether oxygens (including phenoxy) is 2. The summed E-state index contributed by atoms with van der Waals surface area (Å²) in [6.07, 6.45) is -5.52. The zero-order valence-corrected chi connectivity index (χ0v) is 15.8. The number of fused-ring (bicyclic) bond motifs is 1. The number of anilines is 1. The monoisotopic (exact) mass is 435 g/mol. The lowest BCUT2D eigenvalue weighted by atomic mass is 10.2. The zero-order chi connectivity index (χ0) is 21.5. The average Bonchev–Trinajstić information content (AvgIpc) is 3.11. The van der Waals surface area contributed by atoms with Gasteiger partial charge in [-0.1, -0.05) is 11.6 Å². The molecule has 7 nitrogen and oxygen atoms in total. The van der Waals surface area contributed by atoms with Gasteiger partial charge in [0.15, 0.2) is 6.10 Å². The van der Waals surface area contributed by atoms with Gasteiger partial charge >= 0.3 is 12.1 Å². The fourth-order valence-corrected chi connectivity index (χ4v) is 3.05. The number of alkyl halides is 3. The van der Waals surface area contributed by atoms with Gasteiger partial charge < -0.3 is 14.4 Å². The van der Waals surface area contributed by atoms with Gasteiger partial charge in [0.2, 0.25) is 5.96 Å². The van der Waals surface area contributed by atoms with Crippen LogP contribution < -0.4 is 9.64 Å². The number of aliphatic imine (C=N–C) groups is 1. The second kappa shape index (κ2) is 7.54. The molecule has 0 radical (unpaired) electrons. The Morgan fingerprint density at radius 1 is 1.34 bits per heavy atom. The number of carbonyl (C=O) groups is 2. The van der Waals surface area contributed by atoms with Crippen molar-refractivity contribution in [2.24, 2.45) is 4.99 Å². The molecule has 1 amide bonds. The van der Waals surface area contributed by atoms with Crippen LogP contribution in [-0.4, -0.2) is 55.2 Å². The molecule has 2 heterocycles. The number of amides is 1. The minimum Gasteiger partial charge on any atom is -0.477 e. The maximum Gasteiger partial charge on any atom is 0.431 e. The summed E-state index contributed by atoms with van der Waals surface area (Å²) in [6, 6.07) is 1.84. The van der Waals surface area contributed by atoms with E-state index in [4.69, 9.17) is 16.3 Å². The third-order valence-electron chi connectivity index (χ3n) is 4.16. The molecule has 2 aliphatic rings. The first kappa shape index (κ1) is 20.9. The van der Waals surface area contributed by atoms with E-state index in [1.54, 1.807) is 0 Å². The molecule has 2 aliphatic heterocycles. The van der Waals surface area contributed by atoms with E-state index < -0.39 is 41.4 Å². The fourth-order valence-electron chi connectivity index (χ4n) is 2.86. The van der Waals surface area contributed by atoms with E-state index in [-0.39, 0.29) is 29.8 Å². The van der Waals surface area contributed by atoms with Gasteiger partial charge in [-0.25, -0.2) is 14.1 Å². The number of allylic oxidation sites excluding steroid dienone is 1. The molecule has 0 saturated heterocycles. The number of guanidine groups is 1. The highest BCUT2D eigenvalue weighted by Gasteiger charge is 2.47. The summed E-state index contributed by atoms with van der Waals surface area (Å²) in [4.78, 5) is 29.4. The summed E-state index contributed by atoms with van der Waals surface area (Å²) in [5.74, 6) is -3.38. The molecule has 1 unspecified atom stereocenters. The smallest absolute Gasteiger partial charge is 0.431 e. The summed E-state index contributed by atoms with van der Waals surface area (Å²) in [6.45, 7) is 1.23. The van der Waals surface area contributed by atoms with E-state index in [9.17, 15) is 27.2 Å². The molecule has 0 fully saturated rings. The van der Waals surface area contributed by atoms with Crippen molar-refractivity contribution in [3.8, 4) is 5.75 Å². The van der Waals surface area contributed by atoms with Crippen molar-refractivity contribution in [2.75, 3.05) is 25.1 Å². The standard InChI is InChI=1S/C17H14ClF4N3O4/c1-8(15(27)28-2)29-12-6-11(10(19)5-9(12)18)25-14(26)7-13(17(20,21)22)24-4-3-23-16(24)25/h5-8H,3-4H2,1-2H3. The normalized spacial score (nSPS) is 17.6. The topological polar surface area (TPSA) is 71.4 Å². The lowest BCUT2D eigenvalue weighted by molar-refractivity contribution is -0.147. The maximum atomic E-state index is 14.6. The van der Waals surface area contributed by atoms with Crippen LogP contribution >= 0.6 is 11.6 Å². The van der Waals surface area contributed by atoms with Crippen molar-refractivity contribution in [1.29, 1.82) is 0 Å². The minimum atomic E-state index is -4.78. The second-order valence-electron chi connectivity index (χ2n) is 6.05. The Labute approximate surface area is 167 Å². The van der Waals surface area contributed by atoms with Crippen LogP contribution in [-0.2, 0) is 14.3 Å². The largest absolute Gasteiger partial charge is 0.477 e. The van der Waals surface area contributed by atoms with Gasteiger partial charge in [0.1, 0.15) is 17.3 Å². The molecule has 1 aromatic rings. The Bertz CT molecular complexity index is 932. The van der Waals surface area contributed by atoms with Gasteiger partial charge in [-0.05, 0) is 13.0 Å². The highest BCUT2D eigenvalue weighted by Crippen LogP contribution is 2.38. The third kappa shape index (κ3) is 3.86. The first-order valence-corrected chi connectivity index (χ1v) is 8.61. The number of hydrogen-bond donors (Lipinski definition) is 0. The second-order valence-corrected chi connectivity index (χ2v) is 6.46. The molecule has 0 spiro atoms. The van der Waals surface area contributed by atoms with Crippen molar-refractivity contribution >= 4 is 35.1 Å². The average molecular weight is 436 g/mol. The Hall–Kier alpha value is -2.82. The molecule has 1 atom stereocenters. The van der Waals surface area contributed by atoms with Gasteiger partial charge in [0.05, 0.1) is 24.4 Å². The van der Waals surface area contributed by atoms with E-state index in [0.717, 1.165) is 24.1 Å². The van der Waals surface area contributed by atoms with Crippen LogP contribution in [0.25, 0.3) is 0 Å². The van der Waals surface area contributed by atoms with Crippen molar-refractivity contribution in [1.82, 2.24) is 4.90 Å². The number of benzene rings is 1. The maximum absolute atomic E-state index is 14.6. The Morgan fingerprint density at radius 3 is 2.66 bits per heavy atom. The Morgan fingerprint density at radius 2 is 2.03 bits per heavy atom. The first-order chi connectivity index (χ1) is 13.5. The van der Waals surface area contributed by atoms with Crippen LogP contribution in [0.1, 0.15) is 6.92 Å². The number of methoxy groups -OCH3 is 1. The van der Waals surface area contributed by atoms with Crippen LogP contribution in [0.4, 0.5) is 23.2 Å². The summed E-state index contributed by atoms with van der Waals surface area (Å²) < 4.78 is 64.2. The molecule has 0 bridgehead atoms. The molecule has 12 heteroatoms. The minimum absolute atomic E-state index is 0.00945. The van der Waals surface area contributed by atoms with E-state index in [1.807, 2.05) is 0 Å². The van der Waals surface area contributed by atoms with E-state index >= 15 is 0 Å². The SMILES string of the molecule is COC(=O)C(C)Oc1cc(N2C(=O)C=C(C(F)(F)F)N3CCN=C32)c(F)cc1Cl. The van der Waals surface area contributed by atoms with Gasteiger partial charge in [0, 0.05) is 18.7 Å².